The van der Waals surface area contributed by atoms with Gasteiger partial charge in [0, 0.05) is 58.0 Å². The molecule has 0 unspecified atom stereocenters. The number of rotatable bonds is 11. The first kappa shape index (κ1) is 38.7. The number of ketones is 2. The van der Waals surface area contributed by atoms with Gasteiger partial charge in [-0.25, -0.2) is 6.29 Å². The molecule has 0 saturated carbocycles. The second-order valence-corrected chi connectivity index (χ2v) is 9.94. The van der Waals surface area contributed by atoms with Crippen LogP contribution < -0.4 is 27.4 Å². The van der Waals surface area contributed by atoms with Crippen molar-refractivity contribution < 1.29 is 56.7 Å². The summed E-state index contributed by atoms with van der Waals surface area (Å²) in [4.78, 5) is 67.4. The number of thioether (sulfide) groups is 1. The van der Waals surface area contributed by atoms with E-state index in [0.717, 1.165) is 0 Å². The third kappa shape index (κ3) is 15.2. The molecule has 0 aromatic heterocycles. The summed E-state index contributed by atoms with van der Waals surface area (Å²) in [7, 11) is 1.65. The Morgan fingerprint density at radius 1 is 1.26 bits per heavy atom. The molecule has 13 nitrogen and oxygen atoms in total. The van der Waals surface area contributed by atoms with Crippen LogP contribution in [0.1, 0.15) is 39.5 Å². The molecule has 1 radical (unpaired) electrons. The van der Waals surface area contributed by atoms with Gasteiger partial charge in [-0.2, -0.15) is 0 Å². The molecule has 0 spiro atoms. The molecule has 215 valence electrons. The minimum absolute atomic E-state index is 0. The maximum atomic E-state index is 13.1. The number of likely N-dealkylation sites (N-methyl/N-ethyl adjacent to an activating group) is 1. The first-order valence-electron chi connectivity index (χ1n) is 12.1. The Bertz CT molecular complexity index is 800. The van der Waals surface area contributed by atoms with Crippen molar-refractivity contribution in [2.45, 2.75) is 57.7 Å². The fraction of sp³-hybridized carbons (Fsp3) is 0.739. The molecule has 1 saturated heterocycles. The van der Waals surface area contributed by atoms with Gasteiger partial charge in [0.25, 0.3) is 0 Å². The number of guanidine groups is 1. The molecule has 0 bridgehead atoms. The second kappa shape index (κ2) is 21.4. The van der Waals surface area contributed by atoms with Gasteiger partial charge >= 0.3 is 0 Å². The van der Waals surface area contributed by atoms with Crippen molar-refractivity contribution in [1.29, 1.82) is 0 Å². The zero-order valence-corrected chi connectivity index (χ0v) is 26.2. The SMILES string of the molecule is CC[C@H](C)[C@@H]1NC(=O)CCNC(=O)CSC[C@@H](C(=O)CN(C)[C@H]([C-]=O)CCCN=C(N)N)NCC1=O.[NH2-].[Y]. The average Bonchev–Trinajstić information content (AvgIpc) is 2.83. The third-order valence-corrected chi connectivity index (χ3v) is 7.02. The van der Waals surface area contributed by atoms with E-state index in [-0.39, 0.29) is 112 Å². The van der Waals surface area contributed by atoms with E-state index in [2.05, 4.69) is 20.9 Å². The van der Waals surface area contributed by atoms with Gasteiger partial charge in [-0.1, -0.05) is 32.7 Å². The third-order valence-electron chi connectivity index (χ3n) is 5.98. The standard InChI is InChI=1S/C23H40N7O5S.H2N.Y/c1-4-15(2)22-18(32)10-28-17(13-36-14-21(35)26-9-7-20(34)29-22)19(33)11-30(3)16(12-31)6-5-8-27-23(24)25;;/h15-17,22,28H,4-11,13-14H2,1-3H3,(H,26,35)(H,29,34)(H4,24,25,27);1H2;/q2*-1;/t15-,16-,17-,22-;;/m0../s1. The number of nitrogens with zero attached hydrogens (tertiary/aromatic N) is 2. The summed E-state index contributed by atoms with van der Waals surface area (Å²) in [6.07, 6.45) is 3.68. The molecule has 1 aliphatic heterocycles. The number of Topliss-reactive ketones (excluding diaryl/α,β-unsaturated/α-hetero) is 2. The Labute approximate surface area is 254 Å². The van der Waals surface area contributed by atoms with Crippen LogP contribution in [-0.4, -0.2) is 103 Å². The van der Waals surface area contributed by atoms with Gasteiger partial charge < -0.3 is 37.9 Å². The van der Waals surface area contributed by atoms with E-state index in [1.54, 1.807) is 11.9 Å². The molecule has 38 heavy (non-hydrogen) atoms. The van der Waals surface area contributed by atoms with Crippen molar-refractivity contribution in [3.05, 3.63) is 6.15 Å². The fourth-order valence-corrected chi connectivity index (χ4v) is 4.53. The number of hydrogen-bond donors (Lipinski definition) is 5. The summed E-state index contributed by atoms with van der Waals surface area (Å²) in [5, 5.41) is 8.46. The molecule has 15 heteroatoms. The summed E-state index contributed by atoms with van der Waals surface area (Å²) in [5.41, 5.74) is 10.6. The van der Waals surface area contributed by atoms with Crippen LogP contribution in [-0.2, 0) is 56.7 Å². The molecule has 9 N–H and O–H groups in total. The normalized spacial score (nSPS) is 20.9. The van der Waals surface area contributed by atoms with Gasteiger partial charge in [-0.3, -0.25) is 29.5 Å². The summed E-state index contributed by atoms with van der Waals surface area (Å²) in [6.45, 7) is 4.19. The zero-order chi connectivity index (χ0) is 27.1. The summed E-state index contributed by atoms with van der Waals surface area (Å²) in [6, 6.07) is -2.04. The first-order valence-corrected chi connectivity index (χ1v) is 13.3. The monoisotopic (exact) mass is 631 g/mol. The van der Waals surface area contributed by atoms with Crippen molar-refractivity contribution in [3.8, 4) is 0 Å². The Balaban J connectivity index is 0. The fourth-order valence-electron chi connectivity index (χ4n) is 3.59. The van der Waals surface area contributed by atoms with Crippen molar-refractivity contribution >= 4 is 47.4 Å². The summed E-state index contributed by atoms with van der Waals surface area (Å²) < 4.78 is 0. The molecule has 1 aliphatic rings. The smallest absolute Gasteiger partial charge is 0.230 e. The minimum atomic E-state index is -0.723. The second-order valence-electron chi connectivity index (χ2n) is 8.91. The van der Waals surface area contributed by atoms with Crippen molar-refractivity contribution in [1.82, 2.24) is 20.9 Å². The molecule has 0 aromatic carbocycles. The first-order chi connectivity index (χ1) is 17.1. The number of amides is 2. The van der Waals surface area contributed by atoms with Crippen LogP contribution in [0.3, 0.4) is 0 Å². The van der Waals surface area contributed by atoms with E-state index in [4.69, 9.17) is 11.5 Å². The number of aliphatic imine (C=N–C) groups is 1. The summed E-state index contributed by atoms with van der Waals surface area (Å²) in [5.74, 6) is -0.727. The maximum Gasteiger partial charge on any atom is 0.230 e. The van der Waals surface area contributed by atoms with E-state index >= 15 is 0 Å². The molecule has 1 heterocycles. The van der Waals surface area contributed by atoms with Crippen LogP contribution in [0.5, 0.6) is 0 Å². The Kier molecular flexibility index (Phi) is 21.8. The van der Waals surface area contributed by atoms with Crippen molar-refractivity contribution in [3.63, 3.8) is 0 Å². The Hall–Kier alpha value is -1.45. The molecular formula is C23H42N8O5SY-2. The Morgan fingerprint density at radius 3 is 2.55 bits per heavy atom. The molecule has 4 atom stereocenters. The molecule has 0 aliphatic carbocycles. The van der Waals surface area contributed by atoms with Gasteiger partial charge in [0.15, 0.2) is 17.5 Å². The van der Waals surface area contributed by atoms with E-state index in [1.807, 2.05) is 20.1 Å². The van der Waals surface area contributed by atoms with Crippen molar-refractivity contribution in [2.24, 2.45) is 22.4 Å². The number of nitrogens with one attached hydrogen (secondary N) is 3. The van der Waals surface area contributed by atoms with E-state index in [9.17, 15) is 24.0 Å². The molecular weight excluding hydrogens is 589 g/mol. The molecule has 2 amide bonds. The largest absolute Gasteiger partial charge is 0.693 e. The van der Waals surface area contributed by atoms with Crippen LogP contribution in [0.15, 0.2) is 4.99 Å². The van der Waals surface area contributed by atoms with Gasteiger partial charge in [0.05, 0.1) is 30.9 Å². The Morgan fingerprint density at radius 2 is 1.95 bits per heavy atom. The minimum Gasteiger partial charge on any atom is -0.693 e. The zero-order valence-electron chi connectivity index (χ0n) is 22.5. The molecule has 1 rings (SSSR count). The van der Waals surface area contributed by atoms with Gasteiger partial charge in [-0.05, 0) is 19.4 Å². The predicted molar refractivity (Wildman–Crippen MR) is 145 cm³/mol. The van der Waals surface area contributed by atoms with E-state index in [0.29, 0.717) is 25.8 Å². The van der Waals surface area contributed by atoms with Gasteiger partial charge in [-0.15, -0.1) is 11.8 Å². The van der Waals surface area contributed by atoms with Crippen LogP contribution in [0.2, 0.25) is 0 Å². The van der Waals surface area contributed by atoms with Crippen molar-refractivity contribution in [2.75, 3.05) is 44.7 Å². The number of carbonyl (C=O) groups is 4. The average molecular weight is 632 g/mol. The number of carbonyl (C=O) groups excluding carboxylic acids is 5. The quantitative estimate of drug-likeness (QED) is 0.0813. The molecule has 0 aromatic rings. The van der Waals surface area contributed by atoms with E-state index < -0.39 is 18.1 Å². The van der Waals surface area contributed by atoms with Gasteiger partial charge in [0.1, 0.15) is 0 Å². The summed E-state index contributed by atoms with van der Waals surface area (Å²) >= 11 is 1.26. The van der Waals surface area contributed by atoms with Gasteiger partial charge in [0.2, 0.25) is 11.8 Å². The molecule has 1 fully saturated rings. The van der Waals surface area contributed by atoms with Crippen LogP contribution in [0.25, 0.3) is 6.15 Å². The number of hydrogen-bond acceptors (Lipinski definition) is 9. The topological polar surface area (TPSA) is 223 Å². The van der Waals surface area contributed by atoms with E-state index in [1.165, 1.54) is 11.8 Å². The number of nitrogens with two attached hydrogens (primary N) is 3. The predicted octanol–water partition coefficient (Wildman–Crippen LogP) is -0.955. The van der Waals surface area contributed by atoms with Crippen LogP contribution >= 0.6 is 11.8 Å². The van der Waals surface area contributed by atoms with Crippen LogP contribution in [0.4, 0.5) is 0 Å². The van der Waals surface area contributed by atoms with Crippen LogP contribution in [0, 0.1) is 5.92 Å². The maximum absolute atomic E-state index is 13.1.